The van der Waals surface area contributed by atoms with Crippen molar-refractivity contribution >= 4 is 0 Å². The van der Waals surface area contributed by atoms with Crippen LogP contribution in [0.25, 0.3) is 0 Å². The van der Waals surface area contributed by atoms with E-state index in [2.05, 4.69) is 36.1 Å². The largest absolute Gasteiger partial charge is 0.377 e. The van der Waals surface area contributed by atoms with E-state index in [4.69, 9.17) is 10.5 Å². The molecule has 1 aromatic carbocycles. The van der Waals surface area contributed by atoms with Crippen LogP contribution in [0.4, 0.5) is 0 Å². The molecule has 1 aliphatic carbocycles. The lowest BCUT2D eigenvalue weighted by Crippen LogP contribution is -2.41. The second-order valence-electron chi connectivity index (χ2n) is 6.12. The summed E-state index contributed by atoms with van der Waals surface area (Å²) in [6.07, 6.45) is 5.01. The van der Waals surface area contributed by atoms with Gasteiger partial charge in [-0.05, 0) is 43.4 Å². The Morgan fingerprint density at radius 1 is 1.30 bits per heavy atom. The number of ether oxygens (including phenoxy) is 1. The van der Waals surface area contributed by atoms with Gasteiger partial charge >= 0.3 is 0 Å². The minimum absolute atomic E-state index is 0.202. The number of nitrogens with two attached hydrogens (primary N) is 1. The molecule has 1 heterocycles. The molecule has 0 amide bonds. The summed E-state index contributed by atoms with van der Waals surface area (Å²) in [5, 5.41) is 0. The van der Waals surface area contributed by atoms with Crippen molar-refractivity contribution in [2.45, 2.75) is 50.8 Å². The molecule has 0 saturated carbocycles. The molecule has 1 aromatic rings. The summed E-state index contributed by atoms with van der Waals surface area (Å²) in [4.78, 5) is 2.59. The number of rotatable bonds is 4. The van der Waals surface area contributed by atoms with Crippen LogP contribution in [0.2, 0.25) is 0 Å². The highest BCUT2D eigenvalue weighted by Gasteiger charge is 2.34. The molecule has 0 radical (unpaired) electrons. The Hall–Kier alpha value is -0.900. The molecular weight excluding hydrogens is 248 g/mol. The van der Waals surface area contributed by atoms with Crippen molar-refractivity contribution in [3.05, 3.63) is 35.4 Å². The summed E-state index contributed by atoms with van der Waals surface area (Å²) in [6, 6.07) is 9.38. The van der Waals surface area contributed by atoms with Gasteiger partial charge in [0, 0.05) is 25.2 Å². The van der Waals surface area contributed by atoms with Gasteiger partial charge in [-0.15, -0.1) is 0 Å². The van der Waals surface area contributed by atoms with Gasteiger partial charge in [0.15, 0.2) is 0 Å². The van der Waals surface area contributed by atoms with Gasteiger partial charge in [-0.3, -0.25) is 4.90 Å². The van der Waals surface area contributed by atoms with Gasteiger partial charge in [0.05, 0.1) is 6.10 Å². The van der Waals surface area contributed by atoms with Crippen LogP contribution in [0.1, 0.15) is 55.8 Å². The van der Waals surface area contributed by atoms with Crippen molar-refractivity contribution in [3.8, 4) is 0 Å². The number of benzene rings is 1. The average Bonchev–Trinajstić information content (AvgIpc) is 2.83. The number of likely N-dealkylation sites (tertiary alicyclic amines) is 1. The lowest BCUT2D eigenvalue weighted by atomic mass is 10.0. The number of nitrogens with zero attached hydrogens (tertiary/aromatic N) is 1. The van der Waals surface area contributed by atoms with Crippen molar-refractivity contribution in [1.82, 2.24) is 4.90 Å². The molecule has 0 aromatic heterocycles. The van der Waals surface area contributed by atoms with Gasteiger partial charge in [-0.1, -0.05) is 31.2 Å². The molecule has 1 saturated heterocycles. The predicted molar refractivity (Wildman–Crippen MR) is 81.6 cm³/mol. The van der Waals surface area contributed by atoms with Gasteiger partial charge in [-0.2, -0.15) is 0 Å². The molecule has 1 aliphatic heterocycles. The Morgan fingerprint density at radius 3 is 2.90 bits per heavy atom. The van der Waals surface area contributed by atoms with Crippen LogP contribution >= 0.6 is 0 Å². The highest BCUT2D eigenvalue weighted by Crippen LogP contribution is 2.41. The van der Waals surface area contributed by atoms with E-state index < -0.39 is 0 Å². The third-order valence-corrected chi connectivity index (χ3v) is 4.64. The second kappa shape index (κ2) is 6.25. The smallest absolute Gasteiger partial charge is 0.0702 e. The van der Waals surface area contributed by atoms with Gasteiger partial charge in [-0.25, -0.2) is 0 Å². The van der Waals surface area contributed by atoms with Crippen LogP contribution in [0.5, 0.6) is 0 Å². The highest BCUT2D eigenvalue weighted by atomic mass is 16.5. The Bertz CT molecular complexity index is 448. The van der Waals surface area contributed by atoms with Crippen molar-refractivity contribution < 1.29 is 4.74 Å². The van der Waals surface area contributed by atoms with Crippen LogP contribution in [0, 0.1) is 0 Å². The van der Waals surface area contributed by atoms with Crippen LogP contribution in [-0.4, -0.2) is 30.7 Å². The molecule has 110 valence electrons. The van der Waals surface area contributed by atoms with E-state index in [1.165, 1.54) is 30.5 Å². The summed E-state index contributed by atoms with van der Waals surface area (Å²) < 4.78 is 5.96. The molecule has 1 fully saturated rings. The minimum Gasteiger partial charge on any atom is -0.377 e. The molecular formula is C17H26N2O. The highest BCUT2D eigenvalue weighted by molar-refractivity contribution is 5.37. The lowest BCUT2D eigenvalue weighted by Gasteiger charge is -2.37. The monoisotopic (exact) mass is 274 g/mol. The van der Waals surface area contributed by atoms with Crippen LogP contribution in [-0.2, 0) is 4.74 Å². The Kier molecular flexibility index (Phi) is 4.39. The Balaban J connectivity index is 1.70. The molecule has 0 spiro atoms. The third-order valence-electron chi connectivity index (χ3n) is 4.64. The molecule has 0 bridgehead atoms. The van der Waals surface area contributed by atoms with E-state index in [0.29, 0.717) is 12.1 Å². The number of hydrogen-bond acceptors (Lipinski definition) is 3. The zero-order chi connectivity index (χ0) is 13.9. The zero-order valence-electron chi connectivity index (χ0n) is 12.4. The standard InChI is InChI=1S/C17H26N2O/c1-2-10-20-13-6-5-9-19(12-13)17-11-16(18)14-7-3-4-8-15(14)17/h3-4,7-8,13,16-17H,2,5-6,9-12,18H2,1H3. The summed E-state index contributed by atoms with van der Waals surface area (Å²) in [5.74, 6) is 0. The van der Waals surface area contributed by atoms with Crippen molar-refractivity contribution in [2.24, 2.45) is 5.73 Å². The quantitative estimate of drug-likeness (QED) is 0.917. The molecule has 2 N–H and O–H groups in total. The summed E-state index contributed by atoms with van der Waals surface area (Å²) in [6.45, 7) is 5.30. The first-order chi connectivity index (χ1) is 9.79. The maximum Gasteiger partial charge on any atom is 0.0702 e. The van der Waals surface area contributed by atoms with Gasteiger partial charge in [0.2, 0.25) is 0 Å². The topological polar surface area (TPSA) is 38.5 Å². The summed E-state index contributed by atoms with van der Waals surface area (Å²) in [5.41, 5.74) is 9.08. The summed E-state index contributed by atoms with van der Waals surface area (Å²) >= 11 is 0. The van der Waals surface area contributed by atoms with Gasteiger partial charge < -0.3 is 10.5 Å². The van der Waals surface area contributed by atoms with E-state index >= 15 is 0 Å². The van der Waals surface area contributed by atoms with E-state index in [0.717, 1.165) is 26.0 Å². The first kappa shape index (κ1) is 14.1. The predicted octanol–water partition coefficient (Wildman–Crippen LogP) is 3.02. The summed E-state index contributed by atoms with van der Waals surface area (Å²) in [7, 11) is 0. The average molecular weight is 274 g/mol. The maximum atomic E-state index is 6.30. The molecule has 3 rings (SSSR count). The van der Waals surface area contributed by atoms with Crippen molar-refractivity contribution in [3.63, 3.8) is 0 Å². The van der Waals surface area contributed by atoms with Crippen molar-refractivity contribution in [2.75, 3.05) is 19.7 Å². The molecule has 3 unspecified atom stereocenters. The number of hydrogen-bond donors (Lipinski definition) is 1. The first-order valence-corrected chi connectivity index (χ1v) is 7.99. The fraction of sp³-hybridized carbons (Fsp3) is 0.647. The number of fused-ring (bicyclic) bond motifs is 1. The minimum atomic E-state index is 0.202. The molecule has 3 nitrogen and oxygen atoms in total. The van der Waals surface area contributed by atoms with Crippen LogP contribution in [0.15, 0.2) is 24.3 Å². The molecule has 3 atom stereocenters. The maximum absolute atomic E-state index is 6.30. The van der Waals surface area contributed by atoms with E-state index in [-0.39, 0.29) is 6.04 Å². The van der Waals surface area contributed by atoms with E-state index in [1.807, 2.05) is 0 Å². The Labute approximate surface area is 122 Å². The SMILES string of the molecule is CCCOC1CCCN(C2CC(N)c3ccccc32)C1. The zero-order valence-corrected chi connectivity index (χ0v) is 12.4. The second-order valence-corrected chi connectivity index (χ2v) is 6.12. The normalized spacial score (nSPS) is 30.4. The number of piperidine rings is 1. The fourth-order valence-corrected chi connectivity index (χ4v) is 3.66. The lowest BCUT2D eigenvalue weighted by molar-refractivity contribution is -0.0132. The third kappa shape index (κ3) is 2.76. The molecule has 20 heavy (non-hydrogen) atoms. The molecule has 3 heteroatoms. The van der Waals surface area contributed by atoms with Gasteiger partial charge in [0.1, 0.15) is 0 Å². The van der Waals surface area contributed by atoms with Crippen molar-refractivity contribution in [1.29, 1.82) is 0 Å². The molecule has 2 aliphatic rings. The van der Waals surface area contributed by atoms with E-state index in [1.54, 1.807) is 0 Å². The van der Waals surface area contributed by atoms with E-state index in [9.17, 15) is 0 Å². The van der Waals surface area contributed by atoms with Crippen LogP contribution < -0.4 is 5.73 Å². The van der Waals surface area contributed by atoms with Crippen LogP contribution in [0.3, 0.4) is 0 Å². The van der Waals surface area contributed by atoms with Gasteiger partial charge in [0.25, 0.3) is 0 Å². The fourth-order valence-electron chi connectivity index (χ4n) is 3.66. The Morgan fingerprint density at radius 2 is 2.10 bits per heavy atom. The first-order valence-electron chi connectivity index (χ1n) is 7.99.